The van der Waals surface area contributed by atoms with Gasteiger partial charge in [-0.25, -0.2) is 0 Å². The summed E-state index contributed by atoms with van der Waals surface area (Å²) in [5, 5.41) is 10.4. The van der Waals surface area contributed by atoms with Gasteiger partial charge in [-0.05, 0) is 23.3 Å². The number of hydrogen-bond donors (Lipinski definition) is 2. The van der Waals surface area contributed by atoms with Crippen LogP contribution in [0.4, 0.5) is 0 Å². The van der Waals surface area contributed by atoms with Crippen molar-refractivity contribution in [3.63, 3.8) is 0 Å². The normalized spacial score (nSPS) is 25.1. The number of carbonyl (C=O) groups excluding carboxylic acids is 1. The van der Waals surface area contributed by atoms with Crippen molar-refractivity contribution < 1.29 is 9.90 Å². The Morgan fingerprint density at radius 2 is 2.30 bits per heavy atom. The molecule has 1 aromatic heterocycles. The molecule has 1 amide bonds. The van der Waals surface area contributed by atoms with Gasteiger partial charge in [0.25, 0.3) is 0 Å². The van der Waals surface area contributed by atoms with Crippen molar-refractivity contribution in [2.75, 3.05) is 20.3 Å². The number of amides is 1. The number of aliphatic hydroxyl groups excluding tert-OH is 1. The van der Waals surface area contributed by atoms with Gasteiger partial charge in [0.1, 0.15) is 0 Å². The number of aromatic amines is 1. The summed E-state index contributed by atoms with van der Waals surface area (Å²) in [7, 11) is 1.86. The molecule has 2 unspecified atom stereocenters. The first-order valence-corrected chi connectivity index (χ1v) is 6.89. The van der Waals surface area contributed by atoms with Crippen molar-refractivity contribution in [3.05, 3.63) is 35.0 Å². The van der Waals surface area contributed by atoms with Crippen LogP contribution in [0.15, 0.2) is 18.2 Å². The van der Waals surface area contributed by atoms with Crippen LogP contribution in [0.1, 0.15) is 22.7 Å². The summed E-state index contributed by atoms with van der Waals surface area (Å²) in [4.78, 5) is 20.0. The number of H-pyrrole nitrogens is 1. The van der Waals surface area contributed by atoms with E-state index in [9.17, 15) is 9.90 Å². The molecule has 2 aromatic rings. The summed E-state index contributed by atoms with van der Waals surface area (Å²) < 4.78 is 0. The lowest BCUT2D eigenvalue weighted by molar-refractivity contribution is -0.139. The molecule has 0 saturated carbocycles. The first-order chi connectivity index (χ1) is 9.67. The molecular formula is C15H17N3O2. The van der Waals surface area contributed by atoms with Gasteiger partial charge >= 0.3 is 0 Å². The minimum absolute atomic E-state index is 0.0283. The predicted octanol–water partition coefficient (Wildman–Crippen LogP) is 0.989. The zero-order valence-electron chi connectivity index (χ0n) is 11.4. The van der Waals surface area contributed by atoms with Crippen LogP contribution in [-0.2, 0) is 17.9 Å². The number of nitrogens with zero attached hydrogens (tertiary/aromatic N) is 2. The maximum absolute atomic E-state index is 12.4. The molecule has 2 aliphatic rings. The van der Waals surface area contributed by atoms with Gasteiger partial charge in [0.15, 0.2) is 0 Å². The molecule has 1 aromatic carbocycles. The van der Waals surface area contributed by atoms with E-state index in [4.69, 9.17) is 0 Å². The Morgan fingerprint density at radius 3 is 3.10 bits per heavy atom. The molecule has 0 aliphatic carbocycles. The van der Waals surface area contributed by atoms with Crippen LogP contribution in [0, 0.1) is 0 Å². The average molecular weight is 271 g/mol. The summed E-state index contributed by atoms with van der Waals surface area (Å²) in [6.45, 7) is 2.38. The van der Waals surface area contributed by atoms with E-state index in [-0.39, 0.29) is 18.4 Å². The van der Waals surface area contributed by atoms with Crippen molar-refractivity contribution in [1.29, 1.82) is 0 Å². The monoisotopic (exact) mass is 271 g/mol. The van der Waals surface area contributed by atoms with Gasteiger partial charge in [0.2, 0.25) is 5.91 Å². The van der Waals surface area contributed by atoms with Crippen molar-refractivity contribution in [2.24, 2.45) is 0 Å². The zero-order chi connectivity index (χ0) is 13.9. The maximum atomic E-state index is 12.4. The summed E-state index contributed by atoms with van der Waals surface area (Å²) in [5.74, 6) is 0.109. The van der Waals surface area contributed by atoms with E-state index in [2.05, 4.69) is 9.88 Å². The molecule has 1 fully saturated rings. The molecule has 5 heteroatoms. The Labute approximate surface area is 116 Å². The molecule has 3 heterocycles. The van der Waals surface area contributed by atoms with E-state index in [0.29, 0.717) is 6.67 Å². The van der Waals surface area contributed by atoms with Gasteiger partial charge in [-0.15, -0.1) is 0 Å². The molecule has 1 saturated heterocycles. The minimum Gasteiger partial charge on any atom is -0.392 e. The number of nitrogens with one attached hydrogen (secondary N) is 1. The topological polar surface area (TPSA) is 59.6 Å². The number of aliphatic hydroxyl groups is 1. The van der Waals surface area contributed by atoms with E-state index in [1.807, 2.05) is 25.2 Å². The highest BCUT2D eigenvalue weighted by Gasteiger charge is 2.39. The third kappa shape index (κ3) is 1.53. The summed E-state index contributed by atoms with van der Waals surface area (Å²) in [6, 6.07) is 5.92. The van der Waals surface area contributed by atoms with Gasteiger partial charge in [-0.3, -0.25) is 9.69 Å². The largest absolute Gasteiger partial charge is 0.392 e. The number of benzene rings is 1. The van der Waals surface area contributed by atoms with Gasteiger partial charge in [-0.2, -0.15) is 0 Å². The third-order valence-electron chi connectivity index (χ3n) is 4.42. The van der Waals surface area contributed by atoms with Crippen molar-refractivity contribution in [2.45, 2.75) is 19.1 Å². The van der Waals surface area contributed by atoms with Crippen LogP contribution in [0.3, 0.4) is 0 Å². The molecule has 4 rings (SSSR count). The number of fused-ring (bicyclic) bond motifs is 6. The second kappa shape index (κ2) is 4.07. The van der Waals surface area contributed by atoms with Crippen LogP contribution in [0.2, 0.25) is 0 Å². The Hall–Kier alpha value is -1.85. The van der Waals surface area contributed by atoms with Gasteiger partial charge < -0.3 is 15.0 Å². The highest BCUT2D eigenvalue weighted by Crippen LogP contribution is 2.38. The number of aromatic nitrogens is 1. The predicted molar refractivity (Wildman–Crippen MR) is 75.0 cm³/mol. The van der Waals surface area contributed by atoms with Crippen LogP contribution in [0.25, 0.3) is 10.9 Å². The molecule has 2 atom stereocenters. The lowest BCUT2D eigenvalue weighted by Crippen LogP contribution is -2.52. The average Bonchev–Trinajstić information content (AvgIpc) is 2.81. The van der Waals surface area contributed by atoms with Crippen LogP contribution in [-0.4, -0.2) is 46.1 Å². The first-order valence-electron chi connectivity index (χ1n) is 6.89. The van der Waals surface area contributed by atoms with Crippen LogP contribution >= 0.6 is 0 Å². The minimum atomic E-state index is -0.0832. The second-order valence-electron chi connectivity index (χ2n) is 5.80. The van der Waals surface area contributed by atoms with E-state index >= 15 is 0 Å². The van der Waals surface area contributed by atoms with Crippen LogP contribution in [0.5, 0.6) is 0 Å². The first kappa shape index (κ1) is 11.9. The van der Waals surface area contributed by atoms with E-state index in [0.717, 1.165) is 40.8 Å². The molecule has 2 N–H and O–H groups in total. The smallest absolute Gasteiger partial charge is 0.232 e. The molecule has 2 bridgehead atoms. The Kier molecular flexibility index (Phi) is 2.43. The second-order valence-corrected chi connectivity index (χ2v) is 5.80. The molecule has 0 spiro atoms. The molecule has 5 nitrogen and oxygen atoms in total. The summed E-state index contributed by atoms with van der Waals surface area (Å²) >= 11 is 0. The van der Waals surface area contributed by atoms with Crippen LogP contribution < -0.4 is 0 Å². The third-order valence-corrected chi connectivity index (χ3v) is 4.42. The highest BCUT2D eigenvalue weighted by atomic mass is 16.3. The van der Waals surface area contributed by atoms with E-state index < -0.39 is 0 Å². The Morgan fingerprint density at radius 1 is 1.45 bits per heavy atom. The lowest BCUT2D eigenvalue weighted by atomic mass is 9.89. The number of likely N-dealkylation sites (N-methyl/N-ethyl adjacent to an activating group) is 1. The number of rotatable bonds is 1. The highest BCUT2D eigenvalue weighted by molar-refractivity contribution is 5.94. The van der Waals surface area contributed by atoms with Crippen molar-refractivity contribution in [1.82, 2.24) is 14.8 Å². The molecule has 2 aliphatic heterocycles. The van der Waals surface area contributed by atoms with E-state index in [1.165, 1.54) is 0 Å². The van der Waals surface area contributed by atoms with Gasteiger partial charge in [0.05, 0.1) is 19.2 Å². The lowest BCUT2D eigenvalue weighted by Gasteiger charge is -2.41. The fourth-order valence-electron chi connectivity index (χ4n) is 3.52. The van der Waals surface area contributed by atoms with Crippen molar-refractivity contribution >= 4 is 16.8 Å². The zero-order valence-corrected chi connectivity index (χ0v) is 11.4. The standard InChI is InChI=1S/C15H17N3O2/c1-17-8-18-5-11(15(17)20)14-10-4-9(7-19)2-3-12(10)16-13(14)6-18/h2-4,11,16,19H,5-8H2,1H3. The van der Waals surface area contributed by atoms with E-state index in [1.54, 1.807) is 4.90 Å². The quantitative estimate of drug-likeness (QED) is 0.813. The number of carbonyl (C=O) groups is 1. The molecule has 20 heavy (non-hydrogen) atoms. The maximum Gasteiger partial charge on any atom is 0.232 e. The van der Waals surface area contributed by atoms with Crippen molar-refractivity contribution in [3.8, 4) is 0 Å². The number of hydrogen-bond acceptors (Lipinski definition) is 3. The summed E-state index contributed by atoms with van der Waals surface area (Å²) in [5.41, 5.74) is 4.21. The SMILES string of the molecule is CN1CN2Cc3[nH]c4ccc(CO)cc4c3C(C2)C1=O. The summed E-state index contributed by atoms with van der Waals surface area (Å²) in [6.07, 6.45) is 0. The van der Waals surface area contributed by atoms with Gasteiger partial charge in [-0.1, -0.05) is 6.07 Å². The Bertz CT molecular complexity index is 706. The fraction of sp³-hybridized carbons (Fsp3) is 0.400. The Balaban J connectivity index is 1.94. The molecule has 0 radical (unpaired) electrons. The van der Waals surface area contributed by atoms with Gasteiger partial charge in [0, 0.05) is 36.7 Å². The fourth-order valence-corrected chi connectivity index (χ4v) is 3.52. The molecule has 104 valence electrons. The molecular weight excluding hydrogens is 254 g/mol.